The summed E-state index contributed by atoms with van der Waals surface area (Å²) in [5.74, 6) is -2.70. The maximum Gasteiger partial charge on any atom is 0.311 e. The molecule has 4 aliphatic rings. The molecule has 3 fully saturated rings. The quantitative estimate of drug-likeness (QED) is 0.397. The highest BCUT2D eigenvalue weighted by Gasteiger charge is 2.74. The fourth-order valence-corrected chi connectivity index (χ4v) is 6.92. The zero-order valence-corrected chi connectivity index (χ0v) is 20.2. The lowest BCUT2D eigenvalue weighted by atomic mass is 9.75. The summed E-state index contributed by atoms with van der Waals surface area (Å²) in [5.41, 5.74) is 1.64. The Morgan fingerprint density at radius 1 is 1.19 bits per heavy atom. The van der Waals surface area contributed by atoms with Crippen molar-refractivity contribution < 1.29 is 24.0 Å². The number of aryl methyl sites for hydroxylation is 2. The third kappa shape index (κ3) is 2.62. The van der Waals surface area contributed by atoms with Gasteiger partial charge in [-0.15, -0.1) is 0 Å². The number of hydrogen-bond acceptors (Lipinski definition) is 7. The SMILES string of the molecule is CCc1ccc2c(c1)[C@]1(C(=O)N2)[C@@H]2C(=O)N(c3cc(OC)c([N+](=O)[O-])cc3C)C(=O)[C@H]2[C@@H]2CCCN21. The number of carbonyl (C=O) groups is 3. The Kier molecular flexibility index (Phi) is 4.79. The number of nitro groups is 1. The highest BCUT2D eigenvalue weighted by atomic mass is 16.6. The third-order valence-electron chi connectivity index (χ3n) is 8.40. The van der Waals surface area contributed by atoms with Crippen LogP contribution in [0.25, 0.3) is 0 Å². The lowest BCUT2D eigenvalue weighted by Crippen LogP contribution is -2.54. The summed E-state index contributed by atoms with van der Waals surface area (Å²) in [4.78, 5) is 56.1. The van der Waals surface area contributed by atoms with Gasteiger partial charge < -0.3 is 10.1 Å². The zero-order valence-electron chi connectivity index (χ0n) is 20.2. The molecule has 0 radical (unpaired) electrons. The molecule has 0 bridgehead atoms. The largest absolute Gasteiger partial charge is 0.490 e. The molecule has 4 heterocycles. The molecule has 3 amide bonds. The van der Waals surface area contributed by atoms with E-state index in [0.717, 1.165) is 28.9 Å². The van der Waals surface area contributed by atoms with E-state index in [2.05, 4.69) is 10.2 Å². The van der Waals surface area contributed by atoms with Crippen molar-refractivity contribution in [2.45, 2.75) is 44.7 Å². The van der Waals surface area contributed by atoms with Gasteiger partial charge in [0.2, 0.25) is 17.7 Å². The number of benzene rings is 2. The van der Waals surface area contributed by atoms with E-state index in [1.54, 1.807) is 6.92 Å². The van der Waals surface area contributed by atoms with Gasteiger partial charge in [0.05, 0.1) is 29.6 Å². The minimum absolute atomic E-state index is 0.0352. The number of nitro benzene ring substituents is 1. The van der Waals surface area contributed by atoms with E-state index in [9.17, 15) is 24.5 Å². The summed E-state index contributed by atoms with van der Waals surface area (Å²) in [7, 11) is 1.31. The predicted molar refractivity (Wildman–Crippen MR) is 130 cm³/mol. The summed E-state index contributed by atoms with van der Waals surface area (Å²) >= 11 is 0. The van der Waals surface area contributed by atoms with Crippen molar-refractivity contribution in [2.24, 2.45) is 11.8 Å². The number of methoxy groups -OCH3 is 1. The van der Waals surface area contributed by atoms with Crippen LogP contribution >= 0.6 is 0 Å². The third-order valence-corrected chi connectivity index (χ3v) is 8.40. The van der Waals surface area contributed by atoms with Gasteiger partial charge in [-0.1, -0.05) is 19.1 Å². The molecule has 1 N–H and O–H groups in total. The Morgan fingerprint density at radius 3 is 2.67 bits per heavy atom. The Labute approximate surface area is 207 Å². The Balaban J connectivity index is 1.54. The molecule has 6 rings (SSSR count). The molecule has 36 heavy (non-hydrogen) atoms. The van der Waals surface area contributed by atoms with Crippen molar-refractivity contribution in [3.63, 3.8) is 0 Å². The van der Waals surface area contributed by atoms with Gasteiger partial charge in [-0.25, -0.2) is 4.90 Å². The molecular formula is C26H26N4O6. The Morgan fingerprint density at radius 2 is 1.97 bits per heavy atom. The molecule has 1 spiro atoms. The summed E-state index contributed by atoms with van der Waals surface area (Å²) in [6.45, 7) is 4.29. The van der Waals surface area contributed by atoms with Crippen LogP contribution in [0.15, 0.2) is 30.3 Å². The van der Waals surface area contributed by atoms with E-state index in [1.807, 2.05) is 25.1 Å². The first-order chi connectivity index (χ1) is 17.2. The van der Waals surface area contributed by atoms with Crippen LogP contribution in [-0.2, 0) is 26.3 Å². The van der Waals surface area contributed by atoms with Crippen molar-refractivity contribution in [2.75, 3.05) is 23.9 Å². The summed E-state index contributed by atoms with van der Waals surface area (Å²) in [5, 5.41) is 14.5. The first-order valence-electron chi connectivity index (χ1n) is 12.2. The molecule has 0 aliphatic carbocycles. The van der Waals surface area contributed by atoms with Crippen molar-refractivity contribution in [3.8, 4) is 5.75 Å². The molecule has 186 valence electrons. The van der Waals surface area contributed by atoms with Crippen molar-refractivity contribution in [1.29, 1.82) is 0 Å². The number of imide groups is 1. The van der Waals surface area contributed by atoms with Gasteiger partial charge in [0.25, 0.3) is 0 Å². The van der Waals surface area contributed by atoms with E-state index in [1.165, 1.54) is 19.2 Å². The van der Waals surface area contributed by atoms with Crippen LogP contribution in [-0.4, -0.2) is 47.2 Å². The van der Waals surface area contributed by atoms with E-state index < -0.39 is 28.2 Å². The Bertz CT molecular complexity index is 1370. The van der Waals surface area contributed by atoms with E-state index in [4.69, 9.17) is 4.74 Å². The molecule has 10 nitrogen and oxygen atoms in total. The summed E-state index contributed by atoms with van der Waals surface area (Å²) in [6.07, 6.45) is 2.32. The standard InChI is InChI=1S/C26H26N4O6/c1-4-14-7-8-16-15(11-14)26(25(33)27-16)22-21(17-6-5-9-28(17)26)23(31)29(24(22)32)18-12-20(36-3)19(30(34)35)10-13(18)2/h7-8,10-12,17,21-22H,4-6,9H2,1-3H3,(H,27,33)/t17-,21-,22-,26+/m0/s1. The first-order valence-corrected chi connectivity index (χ1v) is 12.2. The fourth-order valence-electron chi connectivity index (χ4n) is 6.92. The minimum Gasteiger partial charge on any atom is -0.490 e. The van der Waals surface area contributed by atoms with Crippen LogP contribution in [0.1, 0.15) is 36.5 Å². The van der Waals surface area contributed by atoms with Crippen LogP contribution in [0, 0.1) is 28.9 Å². The average Bonchev–Trinajstić information content (AvgIpc) is 3.57. The molecule has 3 saturated heterocycles. The smallest absolute Gasteiger partial charge is 0.311 e. The number of carbonyl (C=O) groups excluding carboxylic acids is 3. The van der Waals surface area contributed by atoms with Crippen molar-refractivity contribution >= 4 is 34.8 Å². The first kappa shape index (κ1) is 22.7. The van der Waals surface area contributed by atoms with E-state index in [0.29, 0.717) is 24.2 Å². The van der Waals surface area contributed by atoms with Gasteiger partial charge in [-0.3, -0.25) is 29.4 Å². The number of fused-ring (bicyclic) bond motifs is 7. The van der Waals surface area contributed by atoms with E-state index in [-0.39, 0.29) is 35.0 Å². The van der Waals surface area contributed by atoms with Crippen LogP contribution in [0.3, 0.4) is 0 Å². The number of anilines is 2. The molecule has 0 unspecified atom stereocenters. The van der Waals surface area contributed by atoms with Gasteiger partial charge in [-0.05, 0) is 49.9 Å². The molecule has 4 atom stereocenters. The van der Waals surface area contributed by atoms with Crippen LogP contribution in [0.5, 0.6) is 5.75 Å². The van der Waals surface area contributed by atoms with Crippen LogP contribution < -0.4 is 15.0 Å². The molecule has 10 heteroatoms. The number of hydrogen-bond donors (Lipinski definition) is 1. The highest BCUT2D eigenvalue weighted by Crippen LogP contribution is 2.61. The van der Waals surface area contributed by atoms with Gasteiger partial charge >= 0.3 is 5.69 Å². The highest BCUT2D eigenvalue weighted by molar-refractivity contribution is 6.26. The van der Waals surface area contributed by atoms with Gasteiger partial charge in [0.1, 0.15) is 5.54 Å². The number of amides is 3. The predicted octanol–water partition coefficient (Wildman–Crippen LogP) is 2.91. The van der Waals surface area contributed by atoms with Gasteiger partial charge in [-0.2, -0.15) is 0 Å². The fraction of sp³-hybridized carbons (Fsp3) is 0.423. The van der Waals surface area contributed by atoms with Gasteiger partial charge in [0, 0.05) is 29.4 Å². The molecular weight excluding hydrogens is 464 g/mol. The average molecular weight is 491 g/mol. The van der Waals surface area contributed by atoms with E-state index >= 15 is 0 Å². The van der Waals surface area contributed by atoms with Crippen molar-refractivity contribution in [1.82, 2.24) is 4.90 Å². The molecule has 0 aromatic heterocycles. The van der Waals surface area contributed by atoms with Crippen LogP contribution in [0.4, 0.5) is 17.1 Å². The number of ether oxygens (including phenoxy) is 1. The van der Waals surface area contributed by atoms with Crippen LogP contribution in [0.2, 0.25) is 0 Å². The lowest BCUT2D eigenvalue weighted by Gasteiger charge is -2.37. The molecule has 4 aliphatic heterocycles. The maximum absolute atomic E-state index is 14.2. The summed E-state index contributed by atoms with van der Waals surface area (Å²) < 4.78 is 5.21. The summed E-state index contributed by atoms with van der Waals surface area (Å²) in [6, 6.07) is 8.28. The second-order valence-corrected chi connectivity index (χ2v) is 9.94. The minimum atomic E-state index is -1.26. The second-order valence-electron chi connectivity index (χ2n) is 9.94. The molecule has 2 aromatic carbocycles. The second kappa shape index (κ2) is 7.60. The number of nitrogens with zero attached hydrogens (tertiary/aromatic N) is 3. The zero-order chi connectivity index (χ0) is 25.5. The van der Waals surface area contributed by atoms with Crippen molar-refractivity contribution in [3.05, 3.63) is 57.1 Å². The maximum atomic E-state index is 14.2. The molecule has 2 aromatic rings. The monoisotopic (exact) mass is 490 g/mol. The van der Waals surface area contributed by atoms with Gasteiger partial charge in [0.15, 0.2) is 5.75 Å². The number of nitrogens with one attached hydrogen (secondary N) is 1. The number of rotatable bonds is 4. The normalized spacial score (nSPS) is 28.5. The Hall–Kier alpha value is -3.79. The topological polar surface area (TPSA) is 122 Å². The molecule has 0 saturated carbocycles. The lowest BCUT2D eigenvalue weighted by molar-refractivity contribution is -0.385.